The van der Waals surface area contributed by atoms with Crippen molar-refractivity contribution in [2.45, 2.75) is 24.5 Å². The summed E-state index contributed by atoms with van der Waals surface area (Å²) >= 11 is 1.95. The van der Waals surface area contributed by atoms with Gasteiger partial charge in [-0.25, -0.2) is 0 Å². The summed E-state index contributed by atoms with van der Waals surface area (Å²) in [7, 11) is 0. The molecule has 6 rings (SSSR count). The normalized spacial score (nSPS) is 25.6. The number of nitrogens with one attached hydrogen (secondary N) is 1. The van der Waals surface area contributed by atoms with Crippen LogP contribution in [0.2, 0.25) is 0 Å². The van der Waals surface area contributed by atoms with Crippen LogP contribution in [0.15, 0.2) is 72.8 Å². The van der Waals surface area contributed by atoms with Crippen molar-refractivity contribution in [3.05, 3.63) is 83.9 Å². The molecule has 3 heteroatoms. The van der Waals surface area contributed by atoms with Crippen molar-refractivity contribution in [1.82, 2.24) is 0 Å². The van der Waals surface area contributed by atoms with Gasteiger partial charge in [0.1, 0.15) is 11.9 Å². The fraction of sp³-hybridized carbons (Fsp3) is 0.280. The van der Waals surface area contributed by atoms with Gasteiger partial charge in [0.2, 0.25) is 0 Å². The molecule has 2 aliphatic heterocycles. The molecule has 0 saturated carbocycles. The lowest BCUT2D eigenvalue weighted by atomic mass is 9.76. The molecule has 1 saturated heterocycles. The molecular weight excluding hydrogens is 362 g/mol. The van der Waals surface area contributed by atoms with Crippen LogP contribution in [0.4, 0.5) is 5.69 Å². The number of hydrogen-bond donors (Lipinski definition) is 1. The van der Waals surface area contributed by atoms with Crippen molar-refractivity contribution in [2.24, 2.45) is 5.92 Å². The summed E-state index contributed by atoms with van der Waals surface area (Å²) in [5, 5.41) is 6.55. The Bertz CT molecular complexity index is 1050. The zero-order valence-electron chi connectivity index (χ0n) is 15.7. The molecule has 3 aliphatic rings. The molecule has 2 heterocycles. The van der Waals surface area contributed by atoms with Gasteiger partial charge in [-0.05, 0) is 41.0 Å². The van der Waals surface area contributed by atoms with E-state index in [4.69, 9.17) is 4.74 Å². The molecular formula is C25H23NOS. The van der Waals surface area contributed by atoms with E-state index >= 15 is 0 Å². The first-order chi connectivity index (χ1) is 13.9. The number of hydrogen-bond acceptors (Lipinski definition) is 3. The second-order valence-corrected chi connectivity index (χ2v) is 9.15. The molecule has 1 N–H and O–H groups in total. The van der Waals surface area contributed by atoms with Gasteiger partial charge >= 0.3 is 0 Å². The summed E-state index contributed by atoms with van der Waals surface area (Å²) in [6, 6.07) is 22.4. The summed E-state index contributed by atoms with van der Waals surface area (Å²) in [4.78, 5) is 0. The Balaban J connectivity index is 1.37. The van der Waals surface area contributed by atoms with Crippen LogP contribution in [0, 0.1) is 5.92 Å². The van der Waals surface area contributed by atoms with Gasteiger partial charge in [-0.15, -0.1) is 0 Å². The quantitative estimate of drug-likeness (QED) is 0.546. The summed E-state index contributed by atoms with van der Waals surface area (Å²) < 4.78 is 6.04. The van der Waals surface area contributed by atoms with Gasteiger partial charge in [0.15, 0.2) is 0 Å². The summed E-state index contributed by atoms with van der Waals surface area (Å²) in [6.45, 7) is 0. The van der Waals surface area contributed by atoms with Crippen LogP contribution in [0.3, 0.4) is 0 Å². The predicted molar refractivity (Wildman–Crippen MR) is 118 cm³/mol. The molecule has 0 radical (unpaired) electrons. The van der Waals surface area contributed by atoms with E-state index in [0.29, 0.717) is 24.0 Å². The second-order valence-electron chi connectivity index (χ2n) is 8.07. The largest absolute Gasteiger partial charge is 0.489 e. The number of fused-ring (bicyclic) bond motifs is 5. The fourth-order valence-electron chi connectivity index (χ4n) is 4.90. The number of rotatable bonds is 3. The highest BCUT2D eigenvalue weighted by atomic mass is 32.2. The van der Waals surface area contributed by atoms with E-state index in [9.17, 15) is 0 Å². The third-order valence-electron chi connectivity index (χ3n) is 6.41. The van der Waals surface area contributed by atoms with Crippen molar-refractivity contribution in [3.63, 3.8) is 0 Å². The Labute approximate surface area is 170 Å². The van der Waals surface area contributed by atoms with Crippen molar-refractivity contribution >= 4 is 28.2 Å². The van der Waals surface area contributed by atoms with E-state index in [1.54, 1.807) is 0 Å². The number of anilines is 1. The first kappa shape index (κ1) is 16.6. The lowest BCUT2D eigenvalue weighted by Crippen LogP contribution is -2.31. The van der Waals surface area contributed by atoms with Crippen molar-refractivity contribution in [1.29, 1.82) is 0 Å². The van der Waals surface area contributed by atoms with E-state index in [1.807, 2.05) is 11.8 Å². The Morgan fingerprint density at radius 1 is 0.929 bits per heavy atom. The van der Waals surface area contributed by atoms with Gasteiger partial charge in [-0.1, -0.05) is 60.7 Å². The van der Waals surface area contributed by atoms with Gasteiger partial charge in [0.05, 0.1) is 6.04 Å². The lowest BCUT2D eigenvalue weighted by Gasteiger charge is -2.38. The summed E-state index contributed by atoms with van der Waals surface area (Å²) in [5.74, 6) is 4.30. The number of ether oxygens (including phenoxy) is 1. The number of allylic oxidation sites excluding steroid dienone is 2. The molecule has 0 amide bonds. The molecule has 3 aromatic rings. The van der Waals surface area contributed by atoms with Crippen molar-refractivity contribution < 1.29 is 4.74 Å². The third-order valence-corrected chi connectivity index (χ3v) is 7.63. The SMILES string of the molecule is C1=C[C@@H]2c3ccc4ccccc4c3N[C@H](c3ccc(OC4CSC4)cc3)[C@@H]2C1. The van der Waals surface area contributed by atoms with Crippen molar-refractivity contribution in [3.8, 4) is 5.75 Å². The van der Waals surface area contributed by atoms with Gasteiger partial charge in [0.25, 0.3) is 0 Å². The minimum Gasteiger partial charge on any atom is -0.489 e. The highest BCUT2D eigenvalue weighted by molar-refractivity contribution is 8.00. The average Bonchev–Trinajstić information content (AvgIpc) is 3.20. The summed E-state index contributed by atoms with van der Waals surface area (Å²) in [6.07, 6.45) is 6.30. The van der Waals surface area contributed by atoms with E-state index < -0.39 is 0 Å². The predicted octanol–water partition coefficient (Wildman–Crippen LogP) is 6.16. The number of thioether (sulfide) groups is 1. The Morgan fingerprint density at radius 3 is 2.61 bits per heavy atom. The van der Waals surface area contributed by atoms with Crippen LogP contribution >= 0.6 is 11.8 Å². The molecule has 0 bridgehead atoms. The molecule has 0 aromatic heterocycles. The first-order valence-electron chi connectivity index (χ1n) is 10.2. The molecule has 0 unspecified atom stereocenters. The Hall–Kier alpha value is -2.39. The molecule has 28 heavy (non-hydrogen) atoms. The maximum atomic E-state index is 6.04. The monoisotopic (exact) mass is 385 g/mol. The van der Waals surface area contributed by atoms with Gasteiger partial charge < -0.3 is 10.1 Å². The van der Waals surface area contributed by atoms with Crippen LogP contribution in [0.1, 0.15) is 29.5 Å². The van der Waals surface area contributed by atoms with Gasteiger partial charge in [-0.3, -0.25) is 0 Å². The molecule has 0 spiro atoms. The molecule has 3 aromatic carbocycles. The maximum absolute atomic E-state index is 6.04. The molecule has 1 aliphatic carbocycles. The molecule has 3 atom stereocenters. The first-order valence-corrected chi connectivity index (χ1v) is 11.3. The van der Waals surface area contributed by atoms with Crippen LogP contribution < -0.4 is 10.1 Å². The topological polar surface area (TPSA) is 21.3 Å². The minimum atomic E-state index is 0.326. The lowest BCUT2D eigenvalue weighted by molar-refractivity contribution is 0.240. The third kappa shape index (κ3) is 2.64. The van der Waals surface area contributed by atoms with Crippen LogP contribution in [0.5, 0.6) is 5.75 Å². The van der Waals surface area contributed by atoms with E-state index in [0.717, 1.165) is 23.7 Å². The van der Waals surface area contributed by atoms with E-state index in [2.05, 4.69) is 78.1 Å². The fourth-order valence-corrected chi connectivity index (χ4v) is 5.46. The standard InChI is InChI=1S/C25H23NOS/c1-2-5-20-16(4-1)10-13-23-21-6-3-7-22(21)24(26-25(20)23)17-8-11-18(12-9-17)27-19-14-28-15-19/h1-6,8-13,19,21-22,24,26H,7,14-15H2/t21-,22+,24+/m0/s1. The van der Waals surface area contributed by atoms with E-state index in [-0.39, 0.29) is 0 Å². The van der Waals surface area contributed by atoms with Gasteiger partial charge in [-0.2, -0.15) is 11.8 Å². The highest BCUT2D eigenvalue weighted by Gasteiger charge is 2.38. The van der Waals surface area contributed by atoms with Crippen LogP contribution in [0.25, 0.3) is 10.8 Å². The smallest absolute Gasteiger partial charge is 0.119 e. The van der Waals surface area contributed by atoms with E-state index in [1.165, 1.54) is 27.6 Å². The molecule has 2 nitrogen and oxygen atoms in total. The zero-order chi connectivity index (χ0) is 18.5. The Morgan fingerprint density at radius 2 is 1.79 bits per heavy atom. The average molecular weight is 386 g/mol. The van der Waals surface area contributed by atoms with Gasteiger partial charge in [0, 0.05) is 28.5 Å². The summed E-state index contributed by atoms with van der Waals surface area (Å²) in [5.41, 5.74) is 4.10. The number of benzene rings is 3. The Kier molecular flexibility index (Phi) is 3.90. The van der Waals surface area contributed by atoms with Crippen molar-refractivity contribution in [2.75, 3.05) is 16.8 Å². The molecule has 1 fully saturated rings. The maximum Gasteiger partial charge on any atom is 0.119 e. The highest BCUT2D eigenvalue weighted by Crippen LogP contribution is 2.51. The van der Waals surface area contributed by atoms with Crippen LogP contribution in [-0.2, 0) is 0 Å². The minimum absolute atomic E-state index is 0.326. The molecule has 140 valence electrons. The van der Waals surface area contributed by atoms with Crippen LogP contribution in [-0.4, -0.2) is 17.6 Å². The zero-order valence-corrected chi connectivity index (χ0v) is 16.5. The second kappa shape index (κ2) is 6.59.